The lowest BCUT2D eigenvalue weighted by Gasteiger charge is -2.38. The van der Waals surface area contributed by atoms with Crippen molar-refractivity contribution in [1.29, 1.82) is 0 Å². The van der Waals surface area contributed by atoms with Crippen molar-refractivity contribution in [2.75, 3.05) is 48.4 Å². The Kier molecular flexibility index (Phi) is 7.15. The van der Waals surface area contributed by atoms with Crippen molar-refractivity contribution in [2.45, 2.75) is 62.4 Å². The minimum absolute atomic E-state index is 0.0171. The highest BCUT2D eigenvalue weighted by Gasteiger charge is 2.45. The van der Waals surface area contributed by atoms with Crippen LogP contribution in [-0.2, 0) is 14.8 Å². The van der Waals surface area contributed by atoms with Crippen LogP contribution in [0, 0.1) is 11.2 Å². The number of piperidine rings is 1. The first-order valence-corrected chi connectivity index (χ1v) is 14.8. The molecule has 2 aromatic carbocycles. The molecule has 2 saturated heterocycles. The zero-order valence-electron chi connectivity index (χ0n) is 22.6. The van der Waals surface area contributed by atoms with Crippen LogP contribution in [0.5, 0.6) is 0 Å². The number of benzene rings is 2. The van der Waals surface area contributed by atoms with Gasteiger partial charge in [-0.3, -0.25) is 4.79 Å². The maximum atomic E-state index is 15.3. The van der Waals surface area contributed by atoms with E-state index in [2.05, 4.69) is 20.3 Å². The molecule has 2 aromatic rings. The SMILES string of the molecule is CC(C)(CO)Nc1cccc(NC(=O)c2ccc(S(=O)(=O)NC3(C)COC3)cc2N2CCC3(CC2)CC3)c1F. The number of aliphatic hydroxyl groups excluding tert-OH is 1. The summed E-state index contributed by atoms with van der Waals surface area (Å²) in [5.41, 5.74) is -0.122. The van der Waals surface area contributed by atoms with E-state index in [1.165, 1.54) is 37.1 Å². The van der Waals surface area contributed by atoms with Gasteiger partial charge in [0.05, 0.1) is 58.4 Å². The lowest BCUT2D eigenvalue weighted by atomic mass is 9.93. The molecule has 9 nitrogen and oxygen atoms in total. The van der Waals surface area contributed by atoms with Crippen LogP contribution in [0.2, 0.25) is 0 Å². The molecule has 0 aromatic heterocycles. The number of ether oxygens (including phenoxy) is 1. The van der Waals surface area contributed by atoms with Crippen LogP contribution in [0.25, 0.3) is 0 Å². The lowest BCUT2D eigenvalue weighted by Crippen LogP contribution is -2.59. The number of nitrogens with zero attached hydrogens (tertiary/aromatic N) is 1. The molecule has 1 saturated carbocycles. The monoisotopic (exact) mass is 560 g/mol. The maximum absolute atomic E-state index is 15.3. The van der Waals surface area contributed by atoms with Crippen LogP contribution in [0.3, 0.4) is 0 Å². The number of hydrogen-bond acceptors (Lipinski definition) is 7. The van der Waals surface area contributed by atoms with Gasteiger partial charge in [0, 0.05) is 13.1 Å². The Morgan fingerprint density at radius 2 is 1.77 bits per heavy atom. The molecule has 1 aliphatic carbocycles. The topological polar surface area (TPSA) is 120 Å². The van der Waals surface area contributed by atoms with E-state index in [1.54, 1.807) is 32.9 Å². The fourth-order valence-corrected chi connectivity index (χ4v) is 6.60. The molecule has 2 heterocycles. The van der Waals surface area contributed by atoms with E-state index in [4.69, 9.17) is 4.74 Å². The summed E-state index contributed by atoms with van der Waals surface area (Å²) >= 11 is 0. The van der Waals surface area contributed by atoms with Gasteiger partial charge < -0.3 is 25.4 Å². The molecule has 3 aliphatic rings. The molecule has 39 heavy (non-hydrogen) atoms. The summed E-state index contributed by atoms with van der Waals surface area (Å²) in [7, 11) is -3.86. The van der Waals surface area contributed by atoms with E-state index in [0.29, 0.717) is 37.4 Å². The summed E-state index contributed by atoms with van der Waals surface area (Å²) in [6.07, 6.45) is 4.40. The first-order chi connectivity index (χ1) is 18.3. The number of amides is 1. The molecule has 0 bridgehead atoms. The molecule has 212 valence electrons. The minimum atomic E-state index is -3.86. The third-order valence-corrected chi connectivity index (χ3v) is 9.62. The maximum Gasteiger partial charge on any atom is 0.257 e. The molecule has 1 spiro atoms. The number of anilines is 3. The van der Waals surface area contributed by atoms with Crippen molar-refractivity contribution >= 4 is 33.0 Å². The van der Waals surface area contributed by atoms with Crippen LogP contribution in [0.15, 0.2) is 41.3 Å². The van der Waals surface area contributed by atoms with E-state index in [1.807, 2.05) is 0 Å². The third kappa shape index (κ3) is 5.91. The van der Waals surface area contributed by atoms with Gasteiger partial charge in [0.2, 0.25) is 10.0 Å². The second-order valence-electron chi connectivity index (χ2n) is 12.1. The van der Waals surface area contributed by atoms with Crippen molar-refractivity contribution in [3.05, 3.63) is 47.8 Å². The Labute approximate surface area is 229 Å². The zero-order valence-corrected chi connectivity index (χ0v) is 23.5. The fraction of sp³-hybridized carbons (Fsp3) is 0.536. The number of sulfonamides is 1. The van der Waals surface area contributed by atoms with Crippen molar-refractivity contribution < 1.29 is 27.4 Å². The Morgan fingerprint density at radius 1 is 1.10 bits per heavy atom. The van der Waals surface area contributed by atoms with E-state index >= 15 is 4.39 Å². The van der Waals surface area contributed by atoms with Gasteiger partial charge >= 0.3 is 0 Å². The summed E-state index contributed by atoms with van der Waals surface area (Å²) in [4.78, 5) is 15.6. The summed E-state index contributed by atoms with van der Waals surface area (Å²) in [5.74, 6) is -1.19. The minimum Gasteiger partial charge on any atom is -0.394 e. The average Bonchev–Trinajstić information content (AvgIpc) is 3.63. The Bertz CT molecular complexity index is 1360. The molecular formula is C28H37FN4O5S. The number of hydrogen-bond donors (Lipinski definition) is 4. The fourth-order valence-electron chi connectivity index (χ4n) is 5.20. The van der Waals surface area contributed by atoms with Crippen molar-refractivity contribution in [3.63, 3.8) is 0 Å². The normalized spacial score (nSPS) is 19.9. The second kappa shape index (κ2) is 10.0. The number of carbonyl (C=O) groups excluding carboxylic acids is 1. The Morgan fingerprint density at radius 3 is 2.36 bits per heavy atom. The molecular weight excluding hydrogens is 523 g/mol. The number of halogens is 1. The van der Waals surface area contributed by atoms with Crippen LogP contribution < -0.4 is 20.3 Å². The quantitative estimate of drug-likeness (QED) is 0.369. The largest absolute Gasteiger partial charge is 0.394 e. The average molecular weight is 561 g/mol. The Balaban J connectivity index is 1.44. The predicted octanol–water partition coefficient (Wildman–Crippen LogP) is 3.71. The molecule has 0 unspecified atom stereocenters. The van der Waals surface area contributed by atoms with Crippen LogP contribution in [0.1, 0.15) is 56.8 Å². The number of aliphatic hydroxyl groups is 1. The number of carbonyl (C=O) groups is 1. The summed E-state index contributed by atoms with van der Waals surface area (Å²) < 4.78 is 49.7. The highest BCUT2D eigenvalue weighted by molar-refractivity contribution is 7.89. The van der Waals surface area contributed by atoms with E-state index in [0.717, 1.165) is 12.8 Å². The van der Waals surface area contributed by atoms with Crippen molar-refractivity contribution in [2.24, 2.45) is 5.41 Å². The first-order valence-electron chi connectivity index (χ1n) is 13.3. The zero-order chi connectivity index (χ0) is 28.1. The van der Waals surface area contributed by atoms with Crippen LogP contribution in [0.4, 0.5) is 21.5 Å². The van der Waals surface area contributed by atoms with E-state index < -0.39 is 32.8 Å². The highest BCUT2D eigenvalue weighted by atomic mass is 32.2. The van der Waals surface area contributed by atoms with Gasteiger partial charge in [0.25, 0.3) is 5.91 Å². The van der Waals surface area contributed by atoms with Gasteiger partial charge in [0.1, 0.15) is 0 Å². The predicted molar refractivity (Wildman–Crippen MR) is 148 cm³/mol. The molecule has 0 radical (unpaired) electrons. The molecule has 4 N–H and O–H groups in total. The standard InChI is InChI=1S/C28H37FN4O5S/c1-26(2,16-34)31-22-6-4-5-21(24(22)29)30-25(35)20-8-7-19(39(36,37)32-27(3)17-38-18-27)15-23(20)33-13-11-28(9-10-28)12-14-33/h4-8,15,31-32,34H,9-14,16-18H2,1-3H3,(H,30,35). The Hall–Kier alpha value is -2.73. The summed E-state index contributed by atoms with van der Waals surface area (Å²) in [5, 5.41) is 15.2. The lowest BCUT2D eigenvalue weighted by molar-refractivity contribution is -0.0523. The summed E-state index contributed by atoms with van der Waals surface area (Å²) in [6.45, 7) is 7.06. The van der Waals surface area contributed by atoms with Gasteiger partial charge in [-0.2, -0.15) is 0 Å². The van der Waals surface area contributed by atoms with Gasteiger partial charge in [0.15, 0.2) is 5.82 Å². The van der Waals surface area contributed by atoms with Crippen LogP contribution >= 0.6 is 0 Å². The van der Waals surface area contributed by atoms with Gasteiger partial charge in [-0.15, -0.1) is 0 Å². The molecule has 2 aliphatic heterocycles. The number of nitrogens with one attached hydrogen (secondary N) is 3. The van der Waals surface area contributed by atoms with E-state index in [-0.39, 0.29) is 28.4 Å². The van der Waals surface area contributed by atoms with Crippen LogP contribution in [-0.4, -0.2) is 63.4 Å². The highest BCUT2D eigenvalue weighted by Crippen LogP contribution is 2.54. The number of rotatable bonds is 9. The van der Waals surface area contributed by atoms with Crippen molar-refractivity contribution in [3.8, 4) is 0 Å². The molecule has 11 heteroatoms. The van der Waals surface area contributed by atoms with E-state index in [9.17, 15) is 18.3 Å². The molecule has 1 amide bonds. The third-order valence-electron chi connectivity index (χ3n) is 7.98. The van der Waals surface area contributed by atoms with Gasteiger partial charge in [-0.1, -0.05) is 6.07 Å². The molecule has 0 atom stereocenters. The second-order valence-corrected chi connectivity index (χ2v) is 13.8. The molecule has 5 rings (SSSR count). The molecule has 3 fully saturated rings. The van der Waals surface area contributed by atoms with Gasteiger partial charge in [-0.25, -0.2) is 17.5 Å². The first kappa shape index (κ1) is 27.8. The smallest absolute Gasteiger partial charge is 0.257 e. The summed E-state index contributed by atoms with van der Waals surface area (Å²) in [6, 6.07) is 9.06. The van der Waals surface area contributed by atoms with Gasteiger partial charge in [-0.05, 0) is 82.2 Å². The van der Waals surface area contributed by atoms with Crippen molar-refractivity contribution in [1.82, 2.24) is 4.72 Å².